The van der Waals surface area contributed by atoms with Gasteiger partial charge in [-0.1, -0.05) is 24.3 Å². The molecule has 1 atom stereocenters. The van der Waals surface area contributed by atoms with Crippen LogP contribution in [0.4, 0.5) is 9.18 Å². The molecule has 0 spiro atoms. The summed E-state index contributed by atoms with van der Waals surface area (Å²) in [6.45, 7) is 0.402. The summed E-state index contributed by atoms with van der Waals surface area (Å²) in [6, 6.07) is 13.9. The van der Waals surface area contributed by atoms with Gasteiger partial charge in [0.25, 0.3) is 0 Å². The number of nitriles is 1. The summed E-state index contributed by atoms with van der Waals surface area (Å²) in [4.78, 5) is 14.7. The molecule has 2 aromatic carbocycles. The van der Waals surface area contributed by atoms with Gasteiger partial charge in [-0.15, -0.1) is 11.8 Å². The Hall–Kier alpha value is -2.52. The number of nitrogens with one attached hydrogen (secondary N) is 1. The van der Waals surface area contributed by atoms with Crippen LogP contribution in [0.25, 0.3) is 0 Å². The van der Waals surface area contributed by atoms with Crippen LogP contribution in [0.2, 0.25) is 0 Å². The van der Waals surface area contributed by atoms with Crippen LogP contribution in [-0.2, 0) is 6.54 Å². The first-order valence-corrected chi connectivity index (χ1v) is 8.99. The fourth-order valence-electron chi connectivity index (χ4n) is 2.88. The minimum atomic E-state index is -0.233. The first kappa shape index (κ1) is 17.3. The Kier molecular flexibility index (Phi) is 5.25. The van der Waals surface area contributed by atoms with Gasteiger partial charge in [0, 0.05) is 24.2 Å². The number of rotatable bonds is 3. The van der Waals surface area contributed by atoms with Crippen molar-refractivity contribution < 1.29 is 9.18 Å². The number of hydrogen-bond acceptors (Lipinski definition) is 3. The van der Waals surface area contributed by atoms with Crippen LogP contribution >= 0.6 is 11.8 Å². The number of thioether (sulfide) groups is 1. The van der Waals surface area contributed by atoms with Crippen LogP contribution in [-0.4, -0.2) is 23.7 Å². The van der Waals surface area contributed by atoms with E-state index in [0.29, 0.717) is 17.0 Å². The average Bonchev–Trinajstić information content (AvgIpc) is 2.62. The summed E-state index contributed by atoms with van der Waals surface area (Å²) in [7, 11) is 1.71. The second kappa shape index (κ2) is 7.58. The summed E-state index contributed by atoms with van der Waals surface area (Å²) >= 11 is 1.49. The Balaban J connectivity index is 1.68. The summed E-state index contributed by atoms with van der Waals surface area (Å²) in [6.07, 6.45) is 0.768. The highest BCUT2D eigenvalue weighted by atomic mass is 32.2. The Labute approximate surface area is 150 Å². The first-order chi connectivity index (χ1) is 12.1. The van der Waals surface area contributed by atoms with Crippen molar-refractivity contribution in [1.29, 1.82) is 5.26 Å². The molecule has 1 N–H and O–H groups in total. The topological polar surface area (TPSA) is 56.1 Å². The molecule has 0 bridgehead atoms. The van der Waals surface area contributed by atoms with Crippen LogP contribution in [0.5, 0.6) is 0 Å². The molecule has 0 radical (unpaired) electrons. The average molecular weight is 355 g/mol. The van der Waals surface area contributed by atoms with Crippen LogP contribution < -0.4 is 5.32 Å². The second-order valence-corrected chi connectivity index (χ2v) is 7.07. The SMILES string of the molecule is CN(Cc1cccc(C#N)c1)C(=O)NC1CCSc2c(F)cccc21. The van der Waals surface area contributed by atoms with Crippen LogP contribution in [0, 0.1) is 17.1 Å². The molecular formula is C19H18FN3OS. The van der Waals surface area contributed by atoms with Gasteiger partial charge in [0.15, 0.2) is 0 Å². The minimum Gasteiger partial charge on any atom is -0.331 e. The lowest BCUT2D eigenvalue weighted by atomic mass is 10.0. The monoisotopic (exact) mass is 355 g/mol. The van der Waals surface area contributed by atoms with E-state index < -0.39 is 0 Å². The molecule has 0 aliphatic carbocycles. The number of fused-ring (bicyclic) bond motifs is 1. The van der Waals surface area contributed by atoms with E-state index in [4.69, 9.17) is 5.26 Å². The quantitative estimate of drug-likeness (QED) is 0.903. The summed E-state index contributed by atoms with van der Waals surface area (Å²) in [5.74, 6) is 0.537. The second-order valence-electron chi connectivity index (χ2n) is 5.97. The standard InChI is InChI=1S/C19H18FN3OS/c1-23(12-14-5-2-4-13(10-14)11-21)19(24)22-17-8-9-25-18-15(17)6-3-7-16(18)20/h2-7,10,17H,8-9,12H2,1H3,(H,22,24). The van der Waals surface area contributed by atoms with Crippen molar-refractivity contribution >= 4 is 17.8 Å². The molecule has 0 fully saturated rings. The van der Waals surface area contributed by atoms with Crippen molar-refractivity contribution in [2.24, 2.45) is 0 Å². The molecule has 4 nitrogen and oxygen atoms in total. The summed E-state index contributed by atoms with van der Waals surface area (Å²) in [5, 5.41) is 12.0. The molecule has 0 saturated carbocycles. The third kappa shape index (κ3) is 3.94. The Morgan fingerprint density at radius 1 is 1.40 bits per heavy atom. The van der Waals surface area contributed by atoms with Crippen LogP contribution in [0.1, 0.15) is 29.2 Å². The predicted octanol–water partition coefficient (Wildman–Crippen LogP) is 4.08. The van der Waals surface area contributed by atoms with E-state index in [9.17, 15) is 9.18 Å². The van der Waals surface area contributed by atoms with Crippen molar-refractivity contribution in [3.8, 4) is 6.07 Å². The van der Waals surface area contributed by atoms with Gasteiger partial charge in [0.1, 0.15) is 5.82 Å². The van der Waals surface area contributed by atoms with Crippen LogP contribution in [0.3, 0.4) is 0 Å². The lowest BCUT2D eigenvalue weighted by Gasteiger charge is -2.28. The van der Waals surface area contributed by atoms with Gasteiger partial charge in [-0.2, -0.15) is 5.26 Å². The number of carbonyl (C=O) groups excluding carboxylic acids is 1. The van der Waals surface area contributed by atoms with E-state index in [1.54, 1.807) is 36.2 Å². The molecule has 2 amide bonds. The zero-order chi connectivity index (χ0) is 17.8. The molecule has 1 heterocycles. The molecule has 128 valence electrons. The van der Waals surface area contributed by atoms with E-state index in [0.717, 1.165) is 23.3 Å². The maximum Gasteiger partial charge on any atom is 0.317 e. The summed E-state index contributed by atoms with van der Waals surface area (Å²) < 4.78 is 13.9. The maximum absolute atomic E-state index is 13.9. The van der Waals surface area contributed by atoms with Crippen molar-refractivity contribution in [2.45, 2.75) is 23.9 Å². The Bertz CT molecular complexity index is 834. The number of urea groups is 1. The van der Waals surface area contributed by atoms with E-state index in [1.165, 1.54) is 17.8 Å². The number of hydrogen-bond donors (Lipinski definition) is 1. The molecule has 25 heavy (non-hydrogen) atoms. The normalized spacial score (nSPS) is 15.8. The molecule has 1 unspecified atom stereocenters. The maximum atomic E-state index is 13.9. The molecule has 2 aromatic rings. The zero-order valence-electron chi connectivity index (χ0n) is 13.8. The highest BCUT2D eigenvalue weighted by Gasteiger charge is 2.25. The molecule has 0 saturated heterocycles. The van der Waals surface area contributed by atoms with Gasteiger partial charge in [-0.3, -0.25) is 0 Å². The Morgan fingerprint density at radius 2 is 2.20 bits per heavy atom. The number of carbonyl (C=O) groups is 1. The van der Waals surface area contributed by atoms with Crippen molar-refractivity contribution in [1.82, 2.24) is 10.2 Å². The smallest absolute Gasteiger partial charge is 0.317 e. The fraction of sp³-hybridized carbons (Fsp3) is 0.263. The van der Waals surface area contributed by atoms with Crippen molar-refractivity contribution in [3.63, 3.8) is 0 Å². The predicted molar refractivity (Wildman–Crippen MR) is 95.6 cm³/mol. The summed E-state index contributed by atoms with van der Waals surface area (Å²) in [5.41, 5.74) is 2.30. The highest BCUT2D eigenvalue weighted by Crippen LogP contribution is 2.37. The highest BCUT2D eigenvalue weighted by molar-refractivity contribution is 7.99. The third-order valence-corrected chi connectivity index (χ3v) is 5.31. The lowest BCUT2D eigenvalue weighted by Crippen LogP contribution is -2.40. The Morgan fingerprint density at radius 3 is 3.00 bits per heavy atom. The number of halogens is 1. The fourth-order valence-corrected chi connectivity index (χ4v) is 4.02. The number of amides is 2. The first-order valence-electron chi connectivity index (χ1n) is 8.00. The van der Waals surface area contributed by atoms with E-state index in [1.807, 2.05) is 12.1 Å². The van der Waals surface area contributed by atoms with Gasteiger partial charge in [0.05, 0.1) is 17.7 Å². The van der Waals surface area contributed by atoms with Gasteiger partial charge < -0.3 is 10.2 Å². The number of nitrogens with zero attached hydrogens (tertiary/aromatic N) is 2. The van der Waals surface area contributed by atoms with Gasteiger partial charge in [-0.25, -0.2) is 9.18 Å². The van der Waals surface area contributed by atoms with Crippen LogP contribution in [0.15, 0.2) is 47.4 Å². The van der Waals surface area contributed by atoms with Gasteiger partial charge in [0.2, 0.25) is 0 Å². The van der Waals surface area contributed by atoms with Crippen molar-refractivity contribution in [2.75, 3.05) is 12.8 Å². The molecule has 1 aliphatic rings. The molecular weight excluding hydrogens is 337 g/mol. The zero-order valence-corrected chi connectivity index (χ0v) is 14.6. The number of benzene rings is 2. The van der Waals surface area contributed by atoms with Gasteiger partial charge >= 0.3 is 6.03 Å². The third-order valence-electron chi connectivity index (χ3n) is 4.15. The largest absolute Gasteiger partial charge is 0.331 e. The molecule has 3 rings (SSSR count). The molecule has 1 aliphatic heterocycles. The van der Waals surface area contributed by atoms with E-state index in [2.05, 4.69) is 11.4 Å². The lowest BCUT2D eigenvalue weighted by molar-refractivity contribution is 0.202. The molecule has 0 aromatic heterocycles. The molecule has 6 heteroatoms. The van der Waals surface area contributed by atoms with E-state index in [-0.39, 0.29) is 17.9 Å². The van der Waals surface area contributed by atoms with Gasteiger partial charge in [-0.05, 0) is 35.7 Å². The minimum absolute atomic E-state index is 0.188. The van der Waals surface area contributed by atoms with E-state index >= 15 is 0 Å². The van der Waals surface area contributed by atoms with Crippen molar-refractivity contribution in [3.05, 3.63) is 65.0 Å².